The summed E-state index contributed by atoms with van der Waals surface area (Å²) in [6.07, 6.45) is -1.78. The summed E-state index contributed by atoms with van der Waals surface area (Å²) >= 11 is 5.97. The van der Waals surface area contributed by atoms with Gasteiger partial charge in [-0.3, -0.25) is 19.2 Å². The number of H-pyrrole nitrogens is 1. The third-order valence-electron chi connectivity index (χ3n) is 5.03. The van der Waals surface area contributed by atoms with Gasteiger partial charge in [0.25, 0.3) is 11.5 Å². The lowest BCUT2D eigenvalue weighted by atomic mass is 9.95. The standard InChI is InChI=1S/C21H27ClN2O8/c1-6-12-16(32-19(27)9(2)3)11(5)31-21(29)15(8-30-20(12)28)24-18(26)13-7-14(22)10(4)23-17(13)25/h7,9,11-12,15-16H,6,8H2,1-5H3,(H,23,25)(H,24,26)/t11-,12+,15-,16-/m0/s1. The molecule has 1 saturated heterocycles. The fraction of sp³-hybridized carbons (Fsp3) is 0.571. The Morgan fingerprint density at radius 3 is 2.53 bits per heavy atom. The van der Waals surface area contributed by atoms with E-state index in [-0.39, 0.29) is 17.0 Å². The molecule has 0 aliphatic carbocycles. The Morgan fingerprint density at radius 1 is 1.28 bits per heavy atom. The largest absolute Gasteiger partial charge is 0.463 e. The highest BCUT2D eigenvalue weighted by molar-refractivity contribution is 6.31. The Balaban J connectivity index is 2.27. The van der Waals surface area contributed by atoms with Crippen molar-refractivity contribution in [3.8, 4) is 0 Å². The lowest BCUT2D eigenvalue weighted by molar-refractivity contribution is -0.176. The van der Waals surface area contributed by atoms with E-state index in [1.807, 2.05) is 0 Å². The van der Waals surface area contributed by atoms with Gasteiger partial charge in [0.15, 0.2) is 12.1 Å². The van der Waals surface area contributed by atoms with Crippen LogP contribution in [0, 0.1) is 18.8 Å². The topological polar surface area (TPSA) is 141 Å². The highest BCUT2D eigenvalue weighted by Crippen LogP contribution is 2.23. The maximum Gasteiger partial charge on any atom is 0.332 e. The molecule has 0 spiro atoms. The first-order valence-electron chi connectivity index (χ1n) is 10.2. The summed E-state index contributed by atoms with van der Waals surface area (Å²) in [6, 6.07) is -0.209. The molecule has 32 heavy (non-hydrogen) atoms. The fourth-order valence-corrected chi connectivity index (χ4v) is 3.24. The molecular formula is C21H27ClN2O8. The number of aromatic nitrogens is 1. The van der Waals surface area contributed by atoms with Gasteiger partial charge in [0.05, 0.1) is 16.9 Å². The van der Waals surface area contributed by atoms with Crippen LogP contribution in [0.3, 0.4) is 0 Å². The number of esters is 3. The molecule has 4 atom stereocenters. The summed E-state index contributed by atoms with van der Waals surface area (Å²) in [7, 11) is 0. The van der Waals surface area contributed by atoms with Crippen molar-refractivity contribution in [2.24, 2.45) is 11.8 Å². The second kappa shape index (κ2) is 10.6. The van der Waals surface area contributed by atoms with Gasteiger partial charge < -0.3 is 24.5 Å². The molecule has 2 rings (SSSR count). The number of cyclic esters (lactones) is 2. The summed E-state index contributed by atoms with van der Waals surface area (Å²) in [6.45, 7) is 7.52. The van der Waals surface area contributed by atoms with E-state index in [2.05, 4.69) is 10.3 Å². The number of carbonyl (C=O) groups excluding carboxylic acids is 4. The number of carbonyl (C=O) groups is 4. The van der Waals surface area contributed by atoms with Gasteiger partial charge in [0.2, 0.25) is 0 Å². The Labute approximate surface area is 189 Å². The van der Waals surface area contributed by atoms with Crippen LogP contribution in [0.15, 0.2) is 10.9 Å². The number of amides is 1. The molecule has 0 saturated carbocycles. The van der Waals surface area contributed by atoms with Gasteiger partial charge in [-0.2, -0.15) is 0 Å². The first-order chi connectivity index (χ1) is 15.0. The average Bonchev–Trinajstić information content (AvgIpc) is 2.75. The van der Waals surface area contributed by atoms with Crippen LogP contribution < -0.4 is 10.9 Å². The minimum absolute atomic E-state index is 0.160. The number of hydrogen-bond acceptors (Lipinski definition) is 8. The van der Waals surface area contributed by atoms with Crippen LogP contribution in [-0.2, 0) is 28.6 Å². The Morgan fingerprint density at radius 2 is 1.94 bits per heavy atom. The van der Waals surface area contributed by atoms with Crippen molar-refractivity contribution in [2.75, 3.05) is 6.61 Å². The summed E-state index contributed by atoms with van der Waals surface area (Å²) in [5.41, 5.74) is -0.633. The summed E-state index contributed by atoms with van der Waals surface area (Å²) in [5.74, 6) is -4.37. The van der Waals surface area contributed by atoms with Gasteiger partial charge in [0, 0.05) is 5.69 Å². The molecule has 0 bridgehead atoms. The lowest BCUT2D eigenvalue weighted by Crippen LogP contribution is -2.47. The molecule has 1 aliphatic rings. The van der Waals surface area contributed by atoms with Crippen LogP contribution in [0.4, 0.5) is 0 Å². The van der Waals surface area contributed by atoms with Crippen LogP contribution in [0.5, 0.6) is 0 Å². The number of hydrogen-bond donors (Lipinski definition) is 2. The highest BCUT2D eigenvalue weighted by Gasteiger charge is 2.41. The molecule has 1 aliphatic heterocycles. The van der Waals surface area contributed by atoms with E-state index in [1.165, 1.54) is 13.0 Å². The fourth-order valence-electron chi connectivity index (χ4n) is 3.08. The smallest absolute Gasteiger partial charge is 0.332 e. The van der Waals surface area contributed by atoms with Crippen molar-refractivity contribution in [3.05, 3.63) is 32.7 Å². The summed E-state index contributed by atoms with van der Waals surface area (Å²) in [4.78, 5) is 64.6. The van der Waals surface area contributed by atoms with Crippen molar-refractivity contribution in [1.29, 1.82) is 0 Å². The number of nitrogens with one attached hydrogen (secondary N) is 2. The predicted molar refractivity (Wildman–Crippen MR) is 113 cm³/mol. The maximum absolute atomic E-state index is 12.7. The SMILES string of the molecule is CC[C@H]1C(=O)OC[C@H](NC(=O)c2cc(Cl)c(C)[nH]c2=O)C(=O)O[C@@H](C)[C@@H]1OC(=O)C(C)C. The molecule has 2 N–H and O–H groups in total. The van der Waals surface area contributed by atoms with E-state index < -0.39 is 66.1 Å². The van der Waals surface area contributed by atoms with Crippen LogP contribution in [0.25, 0.3) is 0 Å². The second-order valence-corrected chi connectivity index (χ2v) is 8.26. The van der Waals surface area contributed by atoms with Crippen LogP contribution >= 0.6 is 11.6 Å². The number of ether oxygens (including phenoxy) is 3. The molecule has 2 heterocycles. The summed E-state index contributed by atoms with van der Waals surface area (Å²) < 4.78 is 16.1. The molecule has 1 amide bonds. The molecule has 1 fully saturated rings. The lowest BCUT2D eigenvalue weighted by Gasteiger charge is -2.29. The quantitative estimate of drug-likeness (QED) is 0.487. The molecule has 1 aromatic rings. The first kappa shape index (κ1) is 25.4. The van der Waals surface area contributed by atoms with Crippen molar-refractivity contribution < 1.29 is 33.4 Å². The molecule has 1 aromatic heterocycles. The van der Waals surface area contributed by atoms with Gasteiger partial charge in [-0.25, -0.2) is 4.79 Å². The Hall–Kier alpha value is -2.88. The molecule has 176 valence electrons. The van der Waals surface area contributed by atoms with E-state index in [1.54, 1.807) is 27.7 Å². The van der Waals surface area contributed by atoms with Gasteiger partial charge in [-0.15, -0.1) is 0 Å². The molecule has 0 radical (unpaired) electrons. The van der Waals surface area contributed by atoms with Gasteiger partial charge >= 0.3 is 17.9 Å². The van der Waals surface area contributed by atoms with Gasteiger partial charge in [-0.05, 0) is 26.3 Å². The van der Waals surface area contributed by atoms with E-state index in [4.69, 9.17) is 25.8 Å². The third kappa shape index (κ3) is 5.87. The monoisotopic (exact) mass is 470 g/mol. The second-order valence-electron chi connectivity index (χ2n) is 7.85. The zero-order valence-electron chi connectivity index (χ0n) is 18.5. The van der Waals surface area contributed by atoms with Crippen molar-refractivity contribution in [1.82, 2.24) is 10.3 Å². The Kier molecular flexibility index (Phi) is 8.43. The van der Waals surface area contributed by atoms with Gasteiger partial charge in [-0.1, -0.05) is 32.4 Å². The van der Waals surface area contributed by atoms with Crippen LogP contribution in [0.1, 0.15) is 50.2 Å². The number of aryl methyl sites for hydroxylation is 1. The third-order valence-corrected chi connectivity index (χ3v) is 5.42. The van der Waals surface area contributed by atoms with Gasteiger partial charge in [0.1, 0.15) is 18.3 Å². The van der Waals surface area contributed by atoms with Crippen molar-refractivity contribution in [3.63, 3.8) is 0 Å². The van der Waals surface area contributed by atoms with Crippen LogP contribution in [-0.4, -0.2) is 53.7 Å². The van der Waals surface area contributed by atoms with Crippen molar-refractivity contribution in [2.45, 2.75) is 59.3 Å². The van der Waals surface area contributed by atoms with E-state index in [0.29, 0.717) is 5.69 Å². The molecular weight excluding hydrogens is 444 g/mol. The number of aromatic amines is 1. The molecule has 0 aromatic carbocycles. The van der Waals surface area contributed by atoms with Crippen LogP contribution in [0.2, 0.25) is 5.02 Å². The van der Waals surface area contributed by atoms with E-state index in [9.17, 15) is 24.0 Å². The number of rotatable bonds is 5. The number of halogens is 1. The zero-order valence-corrected chi connectivity index (χ0v) is 19.3. The normalized spacial score (nSPS) is 24.0. The van der Waals surface area contributed by atoms with Crippen molar-refractivity contribution >= 4 is 35.4 Å². The predicted octanol–water partition coefficient (Wildman–Crippen LogP) is 1.52. The Bertz CT molecular complexity index is 958. The zero-order chi connectivity index (χ0) is 24.2. The minimum atomic E-state index is -1.38. The number of pyridine rings is 1. The highest BCUT2D eigenvalue weighted by atomic mass is 35.5. The summed E-state index contributed by atoms with van der Waals surface area (Å²) in [5, 5.41) is 2.50. The minimum Gasteiger partial charge on any atom is -0.463 e. The molecule has 0 unspecified atom stereocenters. The van der Waals surface area contributed by atoms with E-state index >= 15 is 0 Å². The van der Waals surface area contributed by atoms with E-state index in [0.717, 1.165) is 0 Å². The average molecular weight is 471 g/mol. The maximum atomic E-state index is 12.7. The first-order valence-corrected chi connectivity index (χ1v) is 10.6. The molecule has 10 nitrogen and oxygen atoms in total. The molecule has 11 heteroatoms.